The third-order valence-corrected chi connectivity index (χ3v) is 5.01. The Bertz CT molecular complexity index is 1070. The predicted molar refractivity (Wildman–Crippen MR) is 104 cm³/mol. The maximum absolute atomic E-state index is 13.6. The van der Waals surface area contributed by atoms with Gasteiger partial charge >= 0.3 is 5.97 Å². The number of rotatable bonds is 4. The fraction of sp³-hybridized carbons (Fsp3) is 0.190. The minimum absolute atomic E-state index is 0.0855. The van der Waals surface area contributed by atoms with Crippen LogP contribution in [0.5, 0.6) is 0 Å². The molecule has 1 aliphatic rings. The van der Waals surface area contributed by atoms with Gasteiger partial charge in [-0.25, -0.2) is 24.1 Å². The van der Waals surface area contributed by atoms with E-state index in [0.717, 1.165) is 0 Å². The second kappa shape index (κ2) is 7.58. The topological polar surface area (TPSA) is 89.4 Å². The summed E-state index contributed by atoms with van der Waals surface area (Å²) in [7, 11) is 1.26. The van der Waals surface area contributed by atoms with Gasteiger partial charge in [-0.05, 0) is 36.8 Å². The van der Waals surface area contributed by atoms with E-state index < -0.39 is 23.5 Å². The number of nitrogens with one attached hydrogen (secondary N) is 1. The maximum atomic E-state index is 13.6. The van der Waals surface area contributed by atoms with Gasteiger partial charge in [-0.2, -0.15) is 4.39 Å². The first-order chi connectivity index (χ1) is 14.4. The van der Waals surface area contributed by atoms with Crippen LogP contribution in [0.1, 0.15) is 34.4 Å². The summed E-state index contributed by atoms with van der Waals surface area (Å²) < 4.78 is 31.8. The van der Waals surface area contributed by atoms with E-state index in [4.69, 9.17) is 4.74 Å². The number of carbonyl (C=O) groups is 1. The summed E-state index contributed by atoms with van der Waals surface area (Å²) in [6.45, 7) is 1.86. The van der Waals surface area contributed by atoms with Crippen LogP contribution in [-0.4, -0.2) is 39.9 Å². The molecule has 3 heterocycles. The van der Waals surface area contributed by atoms with E-state index in [1.165, 1.54) is 43.8 Å². The number of aromatic nitrogens is 3. The van der Waals surface area contributed by atoms with E-state index in [2.05, 4.69) is 25.3 Å². The number of carbonyl (C=O) groups excluding carboxylic acids is 1. The van der Waals surface area contributed by atoms with Gasteiger partial charge in [0.25, 0.3) is 0 Å². The average molecular weight is 409 g/mol. The molecule has 0 fully saturated rings. The smallest absolute Gasteiger partial charge is 0.356 e. The van der Waals surface area contributed by atoms with Crippen molar-refractivity contribution in [1.29, 1.82) is 0 Å². The van der Waals surface area contributed by atoms with E-state index in [0.29, 0.717) is 17.0 Å². The van der Waals surface area contributed by atoms with Gasteiger partial charge in [0.15, 0.2) is 17.4 Å². The number of pyridine rings is 1. The minimum atomic E-state index is -0.964. The van der Waals surface area contributed by atoms with Crippen LogP contribution in [0.25, 0.3) is 0 Å². The van der Waals surface area contributed by atoms with Gasteiger partial charge in [-0.1, -0.05) is 18.2 Å². The number of hydrogen-bond donors (Lipinski definition) is 1. The molecule has 152 valence electrons. The van der Waals surface area contributed by atoms with E-state index in [9.17, 15) is 13.6 Å². The molecule has 1 N–H and O–H groups in total. The van der Waals surface area contributed by atoms with Crippen LogP contribution in [0.4, 0.5) is 8.78 Å². The van der Waals surface area contributed by atoms with Crippen molar-refractivity contribution in [3.8, 4) is 0 Å². The van der Waals surface area contributed by atoms with Crippen LogP contribution in [0, 0.1) is 11.8 Å². The molecule has 0 bridgehead atoms. The van der Waals surface area contributed by atoms with Crippen LogP contribution in [0.15, 0.2) is 59.9 Å². The Morgan fingerprint density at radius 3 is 2.47 bits per heavy atom. The van der Waals surface area contributed by atoms with Crippen molar-refractivity contribution in [3.63, 3.8) is 0 Å². The number of nitrogens with zero attached hydrogens (tertiary/aromatic N) is 4. The van der Waals surface area contributed by atoms with Crippen molar-refractivity contribution in [2.45, 2.75) is 18.5 Å². The lowest BCUT2D eigenvalue weighted by molar-refractivity contribution is 0.0593. The summed E-state index contributed by atoms with van der Waals surface area (Å²) >= 11 is 0. The fourth-order valence-corrected chi connectivity index (χ4v) is 3.53. The highest BCUT2D eigenvalue weighted by molar-refractivity contribution is 5.99. The second-order valence-electron chi connectivity index (χ2n) is 6.72. The Morgan fingerprint density at radius 2 is 1.80 bits per heavy atom. The Kier molecular flexibility index (Phi) is 4.94. The second-order valence-corrected chi connectivity index (χ2v) is 6.72. The van der Waals surface area contributed by atoms with Gasteiger partial charge < -0.3 is 10.1 Å². The highest BCUT2D eigenvalue weighted by Crippen LogP contribution is 2.38. The molecule has 0 aliphatic carbocycles. The highest BCUT2D eigenvalue weighted by Gasteiger charge is 2.46. The first-order valence-electron chi connectivity index (χ1n) is 9.10. The van der Waals surface area contributed by atoms with Crippen LogP contribution >= 0.6 is 0 Å². The lowest BCUT2D eigenvalue weighted by atomic mass is 9.79. The summed E-state index contributed by atoms with van der Waals surface area (Å²) in [5.74, 6) is -1.07. The summed E-state index contributed by atoms with van der Waals surface area (Å²) in [6, 6.07) is 9.82. The summed E-state index contributed by atoms with van der Waals surface area (Å²) in [4.78, 5) is 28.7. The van der Waals surface area contributed by atoms with Gasteiger partial charge in [0, 0.05) is 18.0 Å². The molecule has 0 radical (unpaired) electrons. The maximum Gasteiger partial charge on any atom is 0.356 e. The third-order valence-electron chi connectivity index (χ3n) is 5.01. The zero-order chi connectivity index (χ0) is 21.3. The molecule has 30 heavy (non-hydrogen) atoms. The Labute approximate surface area is 170 Å². The van der Waals surface area contributed by atoms with Crippen molar-refractivity contribution in [1.82, 2.24) is 20.3 Å². The van der Waals surface area contributed by atoms with Gasteiger partial charge in [-0.3, -0.25) is 4.99 Å². The summed E-state index contributed by atoms with van der Waals surface area (Å²) in [5, 5.41) is 3.31. The lowest BCUT2D eigenvalue weighted by Gasteiger charge is -2.34. The third kappa shape index (κ3) is 3.28. The van der Waals surface area contributed by atoms with Gasteiger partial charge in [0.2, 0.25) is 5.95 Å². The minimum Gasteiger partial charge on any atom is -0.464 e. The molecule has 0 amide bonds. The number of methoxy groups -OCH3 is 1. The first kappa shape index (κ1) is 19.6. The molecular weight excluding hydrogens is 392 g/mol. The van der Waals surface area contributed by atoms with Crippen molar-refractivity contribution in [3.05, 3.63) is 89.3 Å². The van der Waals surface area contributed by atoms with Crippen molar-refractivity contribution < 1.29 is 18.3 Å². The molecule has 4 rings (SSSR count). The SMILES string of the molecule is COC(=O)c1ccnc(C2=N[C@@H](C)[C@](c3ccc(F)cc3)(c3ccc(F)nc3)N2)n1. The zero-order valence-corrected chi connectivity index (χ0v) is 16.1. The lowest BCUT2D eigenvalue weighted by Crippen LogP contribution is -2.48. The molecule has 0 saturated carbocycles. The Morgan fingerprint density at radius 1 is 1.07 bits per heavy atom. The summed E-state index contributed by atoms with van der Waals surface area (Å²) in [5.41, 5.74) is 0.454. The molecule has 7 nitrogen and oxygen atoms in total. The molecule has 2 atom stereocenters. The zero-order valence-electron chi connectivity index (χ0n) is 16.1. The number of ether oxygens (including phenoxy) is 1. The number of halogens is 2. The largest absolute Gasteiger partial charge is 0.464 e. The summed E-state index contributed by atoms with van der Waals surface area (Å²) in [6.07, 6.45) is 2.84. The standard InChI is InChI=1S/C21H17F2N5O2/c1-12-21(13-3-6-15(22)7-4-13,14-5-8-17(23)25-11-14)28-19(26-12)18-24-10-9-16(27-18)20(29)30-2/h3-12H,1-2H3,(H,26,28)/t12-,21-/m0/s1. The number of hydrogen-bond acceptors (Lipinski definition) is 7. The molecule has 1 aromatic carbocycles. The van der Waals surface area contributed by atoms with Gasteiger partial charge in [-0.15, -0.1) is 0 Å². The van der Waals surface area contributed by atoms with Crippen LogP contribution in [-0.2, 0) is 10.3 Å². The quantitative estimate of drug-likeness (QED) is 0.526. The molecule has 0 spiro atoms. The van der Waals surface area contributed by atoms with E-state index >= 15 is 0 Å². The van der Waals surface area contributed by atoms with Gasteiger partial charge in [0.05, 0.1) is 13.2 Å². The van der Waals surface area contributed by atoms with Crippen molar-refractivity contribution in [2.24, 2.45) is 4.99 Å². The van der Waals surface area contributed by atoms with E-state index in [1.54, 1.807) is 18.2 Å². The molecule has 3 aromatic rings. The van der Waals surface area contributed by atoms with Crippen LogP contribution in [0.3, 0.4) is 0 Å². The normalized spacial score (nSPS) is 20.4. The van der Waals surface area contributed by atoms with Crippen molar-refractivity contribution in [2.75, 3.05) is 7.11 Å². The monoisotopic (exact) mass is 409 g/mol. The first-order valence-corrected chi connectivity index (χ1v) is 9.10. The number of aliphatic imine (C=N–C) groups is 1. The van der Waals surface area contributed by atoms with Crippen LogP contribution < -0.4 is 5.32 Å². The fourth-order valence-electron chi connectivity index (χ4n) is 3.53. The molecule has 2 aromatic heterocycles. The molecule has 9 heteroatoms. The van der Waals surface area contributed by atoms with Crippen LogP contribution in [0.2, 0.25) is 0 Å². The Hall–Kier alpha value is -3.75. The van der Waals surface area contributed by atoms with Gasteiger partial charge in [0.1, 0.15) is 11.4 Å². The van der Waals surface area contributed by atoms with E-state index in [-0.39, 0.29) is 17.3 Å². The molecule has 0 unspecified atom stereocenters. The van der Waals surface area contributed by atoms with Crippen molar-refractivity contribution >= 4 is 11.8 Å². The average Bonchev–Trinajstić information content (AvgIpc) is 3.12. The molecular formula is C21H17F2N5O2. The van der Waals surface area contributed by atoms with E-state index in [1.807, 2.05) is 6.92 Å². The highest BCUT2D eigenvalue weighted by atomic mass is 19.1. The molecule has 0 saturated heterocycles. The Balaban J connectivity index is 1.81. The number of benzene rings is 1. The number of esters is 1. The predicted octanol–water partition coefficient (Wildman–Crippen LogP) is 2.62. The number of amidine groups is 1. The molecule has 1 aliphatic heterocycles.